The molecule has 1 aromatic carbocycles. The van der Waals surface area contributed by atoms with Crippen molar-refractivity contribution in [1.82, 2.24) is 19.7 Å². The summed E-state index contributed by atoms with van der Waals surface area (Å²) in [6.45, 7) is 10.9. The number of aryl methyl sites for hydroxylation is 2. The van der Waals surface area contributed by atoms with Crippen LogP contribution in [0.2, 0.25) is 0 Å². The Bertz CT molecular complexity index is 1480. The summed E-state index contributed by atoms with van der Waals surface area (Å²) in [5.41, 5.74) is 4.34. The van der Waals surface area contributed by atoms with Crippen LogP contribution in [0.15, 0.2) is 53.6 Å². The fourth-order valence-corrected chi connectivity index (χ4v) is 6.44. The van der Waals surface area contributed by atoms with Gasteiger partial charge >= 0.3 is 6.09 Å². The van der Waals surface area contributed by atoms with Gasteiger partial charge in [-0.2, -0.15) is 13.5 Å². The van der Waals surface area contributed by atoms with Crippen LogP contribution >= 0.6 is 0 Å². The number of piperidine rings is 1. The molecule has 0 N–H and O–H groups in total. The number of ether oxygens (including phenoxy) is 1. The SMILES string of the molecule is Cc1ccc(S(=O)(=O)OCC2CC(n3cc(-c4cccc(C)n4)c(C4CCN(C(=O)OC(C)(C)C)CC4)n3)C2)cc1. The maximum atomic E-state index is 12.6. The van der Waals surface area contributed by atoms with Crippen molar-refractivity contribution in [3.63, 3.8) is 0 Å². The number of carbonyl (C=O) groups is 1. The topological polar surface area (TPSA) is 104 Å². The van der Waals surface area contributed by atoms with Crippen LogP contribution in [0.5, 0.6) is 0 Å². The molecule has 0 unspecified atom stereocenters. The molecule has 0 bridgehead atoms. The molecule has 41 heavy (non-hydrogen) atoms. The van der Waals surface area contributed by atoms with E-state index in [-0.39, 0.29) is 35.5 Å². The molecule has 1 aliphatic carbocycles. The predicted molar refractivity (Wildman–Crippen MR) is 156 cm³/mol. The number of aromatic nitrogens is 3. The average molecular weight is 581 g/mol. The molecule has 1 saturated heterocycles. The molecule has 10 heteroatoms. The van der Waals surface area contributed by atoms with Gasteiger partial charge in [-0.25, -0.2) is 4.79 Å². The largest absolute Gasteiger partial charge is 0.444 e. The second kappa shape index (κ2) is 11.6. The minimum atomic E-state index is -3.78. The summed E-state index contributed by atoms with van der Waals surface area (Å²) in [7, 11) is -3.78. The van der Waals surface area contributed by atoms with Crippen molar-refractivity contribution in [2.45, 2.75) is 82.8 Å². The predicted octanol–water partition coefficient (Wildman–Crippen LogP) is 6.03. The van der Waals surface area contributed by atoms with Crippen molar-refractivity contribution < 1.29 is 22.1 Å². The number of hydrogen-bond acceptors (Lipinski definition) is 7. The summed E-state index contributed by atoms with van der Waals surface area (Å²) in [4.78, 5) is 19.3. The van der Waals surface area contributed by atoms with Crippen LogP contribution in [0.1, 0.15) is 75.4 Å². The summed E-state index contributed by atoms with van der Waals surface area (Å²) in [5.74, 6) is 0.344. The maximum Gasteiger partial charge on any atom is 0.410 e. The summed E-state index contributed by atoms with van der Waals surface area (Å²) in [5, 5.41) is 5.07. The van der Waals surface area contributed by atoms with Crippen molar-refractivity contribution in [2.75, 3.05) is 19.7 Å². The highest BCUT2D eigenvalue weighted by Gasteiger charge is 2.35. The van der Waals surface area contributed by atoms with E-state index < -0.39 is 15.7 Å². The zero-order valence-electron chi connectivity index (χ0n) is 24.5. The van der Waals surface area contributed by atoms with Crippen LogP contribution < -0.4 is 0 Å². The minimum Gasteiger partial charge on any atom is -0.444 e. The normalized spacial score (nSPS) is 20.1. The number of pyridine rings is 1. The Balaban J connectivity index is 1.26. The van der Waals surface area contributed by atoms with Crippen molar-refractivity contribution in [3.8, 4) is 11.3 Å². The first-order valence-corrected chi connectivity index (χ1v) is 15.8. The van der Waals surface area contributed by atoms with Crippen LogP contribution in [0, 0.1) is 19.8 Å². The molecule has 2 fully saturated rings. The summed E-state index contributed by atoms with van der Waals surface area (Å²) in [6, 6.07) is 12.9. The van der Waals surface area contributed by atoms with Crippen molar-refractivity contribution in [1.29, 1.82) is 0 Å². The van der Waals surface area contributed by atoms with E-state index in [0.717, 1.165) is 53.9 Å². The third-order valence-corrected chi connectivity index (χ3v) is 9.11. The second-order valence-corrected chi connectivity index (χ2v) is 14.0. The zero-order valence-corrected chi connectivity index (χ0v) is 25.4. The molecule has 2 aromatic heterocycles. The molecule has 1 saturated carbocycles. The van der Waals surface area contributed by atoms with Gasteiger partial charge in [0.25, 0.3) is 10.1 Å². The van der Waals surface area contributed by atoms with Crippen LogP contribution in [0.25, 0.3) is 11.3 Å². The monoisotopic (exact) mass is 580 g/mol. The maximum absolute atomic E-state index is 12.6. The van der Waals surface area contributed by atoms with E-state index in [1.54, 1.807) is 29.2 Å². The summed E-state index contributed by atoms with van der Waals surface area (Å²) in [6.07, 6.45) is 5.00. The third-order valence-electron chi connectivity index (χ3n) is 7.81. The van der Waals surface area contributed by atoms with E-state index in [0.29, 0.717) is 13.1 Å². The Morgan fingerprint density at radius 1 is 1.02 bits per heavy atom. The molecule has 1 amide bonds. The number of rotatable bonds is 7. The van der Waals surface area contributed by atoms with E-state index in [1.807, 2.05) is 57.5 Å². The Morgan fingerprint density at radius 2 is 1.71 bits per heavy atom. The lowest BCUT2D eigenvalue weighted by atomic mass is 9.81. The molecule has 0 radical (unpaired) electrons. The number of carbonyl (C=O) groups excluding carboxylic acids is 1. The number of hydrogen-bond donors (Lipinski definition) is 0. The van der Waals surface area contributed by atoms with Crippen LogP contribution in [0.3, 0.4) is 0 Å². The molecule has 220 valence electrons. The van der Waals surface area contributed by atoms with E-state index in [1.165, 1.54) is 0 Å². The molecule has 9 nitrogen and oxygen atoms in total. The highest BCUT2D eigenvalue weighted by atomic mass is 32.2. The minimum absolute atomic E-state index is 0.144. The van der Waals surface area contributed by atoms with E-state index in [9.17, 15) is 13.2 Å². The van der Waals surface area contributed by atoms with Crippen molar-refractivity contribution in [2.24, 2.45) is 5.92 Å². The highest BCUT2D eigenvalue weighted by molar-refractivity contribution is 7.86. The van der Waals surface area contributed by atoms with Gasteiger partial charge in [0.2, 0.25) is 0 Å². The summed E-state index contributed by atoms with van der Waals surface area (Å²) >= 11 is 0. The third kappa shape index (κ3) is 6.98. The molecule has 0 spiro atoms. The van der Waals surface area contributed by atoms with Crippen molar-refractivity contribution >= 4 is 16.2 Å². The van der Waals surface area contributed by atoms with Crippen LogP contribution in [0.4, 0.5) is 4.79 Å². The fraction of sp³-hybridized carbons (Fsp3) is 0.516. The lowest BCUT2D eigenvalue weighted by Crippen LogP contribution is -2.41. The Labute approximate surface area is 243 Å². The second-order valence-electron chi connectivity index (χ2n) is 12.4. The van der Waals surface area contributed by atoms with Gasteiger partial charge in [0.1, 0.15) is 5.60 Å². The van der Waals surface area contributed by atoms with Crippen LogP contribution in [-0.2, 0) is 19.0 Å². The molecular weight excluding hydrogens is 540 g/mol. The van der Waals surface area contributed by atoms with Gasteiger partial charge in [-0.3, -0.25) is 13.8 Å². The van der Waals surface area contributed by atoms with Gasteiger partial charge in [-0.15, -0.1) is 0 Å². The van der Waals surface area contributed by atoms with Gasteiger partial charge in [0.15, 0.2) is 0 Å². The molecule has 2 aliphatic rings. The molecule has 3 aromatic rings. The van der Waals surface area contributed by atoms with E-state index in [4.69, 9.17) is 19.0 Å². The van der Waals surface area contributed by atoms with Crippen LogP contribution in [-0.4, -0.2) is 59.5 Å². The summed E-state index contributed by atoms with van der Waals surface area (Å²) < 4.78 is 38.2. The van der Waals surface area contributed by atoms with Gasteiger partial charge in [0, 0.05) is 36.5 Å². The first-order valence-electron chi connectivity index (χ1n) is 14.3. The van der Waals surface area contributed by atoms with Gasteiger partial charge in [0.05, 0.1) is 28.9 Å². The molecule has 0 atom stereocenters. The quantitative estimate of drug-likeness (QED) is 0.314. The van der Waals surface area contributed by atoms with Gasteiger partial charge in [-0.05, 0) is 90.5 Å². The number of likely N-dealkylation sites (tertiary alicyclic amines) is 1. The molecule has 3 heterocycles. The fourth-order valence-electron chi connectivity index (χ4n) is 5.46. The van der Waals surface area contributed by atoms with Crippen molar-refractivity contribution in [3.05, 3.63) is 65.6 Å². The standard InChI is InChI=1S/C31H40N4O5S/c1-21-9-11-26(12-10-21)41(37,38)39-20-23-17-25(18-23)35-19-27(28-8-6-7-22(2)32-28)29(33-35)24-13-15-34(16-14-24)30(36)40-31(3,4)5/h6-12,19,23-25H,13-18,20H2,1-5H3. The van der Waals surface area contributed by atoms with Gasteiger partial charge in [-0.1, -0.05) is 23.8 Å². The Kier molecular flexibility index (Phi) is 8.25. The first kappa shape index (κ1) is 29.3. The number of amides is 1. The Morgan fingerprint density at radius 3 is 2.34 bits per heavy atom. The molecule has 5 rings (SSSR count). The average Bonchev–Trinajstić information content (AvgIpc) is 3.32. The smallest absolute Gasteiger partial charge is 0.410 e. The highest BCUT2D eigenvalue weighted by Crippen LogP contribution is 2.41. The number of benzene rings is 1. The Hall–Kier alpha value is -3.24. The van der Waals surface area contributed by atoms with E-state index >= 15 is 0 Å². The lowest BCUT2D eigenvalue weighted by Gasteiger charge is -2.35. The molecular formula is C31H40N4O5S. The molecule has 1 aliphatic heterocycles. The lowest BCUT2D eigenvalue weighted by molar-refractivity contribution is 0.0203. The number of nitrogens with zero attached hydrogens (tertiary/aromatic N) is 4. The zero-order chi connectivity index (χ0) is 29.4. The van der Waals surface area contributed by atoms with E-state index in [2.05, 4.69) is 6.20 Å². The van der Waals surface area contributed by atoms with Gasteiger partial charge < -0.3 is 9.64 Å². The first-order chi connectivity index (χ1) is 19.4.